The highest BCUT2D eigenvalue weighted by molar-refractivity contribution is 5.64. The second kappa shape index (κ2) is 6.20. The molecular formula is C20H22F2. The summed E-state index contributed by atoms with van der Waals surface area (Å²) in [4.78, 5) is 0. The van der Waals surface area contributed by atoms with Crippen molar-refractivity contribution >= 4 is 0 Å². The van der Waals surface area contributed by atoms with Crippen LogP contribution in [0.25, 0.3) is 11.1 Å². The lowest BCUT2D eigenvalue weighted by atomic mass is 9.68. The summed E-state index contributed by atoms with van der Waals surface area (Å²) in [6.07, 6.45) is 7.63. The third-order valence-electron chi connectivity index (χ3n) is 5.24. The Bertz CT molecular complexity index is 637. The van der Waals surface area contributed by atoms with Gasteiger partial charge in [0.25, 0.3) is 0 Å². The van der Waals surface area contributed by atoms with E-state index in [1.54, 1.807) is 6.07 Å². The molecule has 0 atom stereocenters. The van der Waals surface area contributed by atoms with Crippen molar-refractivity contribution in [3.8, 4) is 11.1 Å². The highest BCUT2D eigenvalue weighted by atomic mass is 19.2. The molecule has 2 aromatic rings. The molecule has 0 saturated heterocycles. The van der Waals surface area contributed by atoms with Crippen LogP contribution in [0.3, 0.4) is 0 Å². The fourth-order valence-electron chi connectivity index (χ4n) is 3.77. The van der Waals surface area contributed by atoms with Crippen LogP contribution >= 0.6 is 0 Å². The highest BCUT2D eigenvalue weighted by Crippen LogP contribution is 2.42. The predicted molar refractivity (Wildman–Crippen MR) is 86.8 cm³/mol. The van der Waals surface area contributed by atoms with Gasteiger partial charge in [-0.1, -0.05) is 56.5 Å². The van der Waals surface area contributed by atoms with E-state index in [2.05, 4.69) is 19.1 Å². The van der Waals surface area contributed by atoms with E-state index < -0.39 is 11.6 Å². The summed E-state index contributed by atoms with van der Waals surface area (Å²) < 4.78 is 26.4. The summed E-state index contributed by atoms with van der Waals surface area (Å²) in [5.74, 6) is -1.59. The molecule has 0 nitrogen and oxygen atoms in total. The molecule has 0 spiro atoms. The molecule has 0 N–H and O–H groups in total. The summed E-state index contributed by atoms with van der Waals surface area (Å²) in [6, 6.07) is 12.5. The average molecular weight is 300 g/mol. The first-order chi connectivity index (χ1) is 10.6. The van der Waals surface area contributed by atoms with Crippen LogP contribution in [0.1, 0.15) is 51.0 Å². The molecular weight excluding hydrogens is 278 g/mol. The van der Waals surface area contributed by atoms with E-state index in [9.17, 15) is 8.78 Å². The monoisotopic (exact) mass is 300 g/mol. The van der Waals surface area contributed by atoms with Crippen molar-refractivity contribution in [2.24, 2.45) is 0 Å². The molecule has 0 unspecified atom stereocenters. The zero-order valence-electron chi connectivity index (χ0n) is 13.0. The number of hydrogen-bond donors (Lipinski definition) is 0. The standard InChI is InChI=1S/C20H22F2/c1-2-20(12-4-3-5-13-20)17-9-6-15(7-10-17)16-8-11-18(21)19(22)14-16/h6-11,14H,2-5,12-13H2,1H3. The Labute approximate surface area is 131 Å². The summed E-state index contributed by atoms with van der Waals surface area (Å²) in [5, 5.41) is 0. The largest absolute Gasteiger partial charge is 0.204 e. The number of rotatable bonds is 3. The third kappa shape index (κ3) is 2.79. The van der Waals surface area contributed by atoms with Gasteiger partial charge >= 0.3 is 0 Å². The smallest absolute Gasteiger partial charge is 0.159 e. The van der Waals surface area contributed by atoms with Gasteiger partial charge in [0, 0.05) is 0 Å². The van der Waals surface area contributed by atoms with Crippen molar-refractivity contribution in [1.82, 2.24) is 0 Å². The van der Waals surface area contributed by atoms with Crippen LogP contribution in [-0.4, -0.2) is 0 Å². The number of hydrogen-bond acceptors (Lipinski definition) is 0. The molecule has 0 radical (unpaired) electrons. The maximum Gasteiger partial charge on any atom is 0.159 e. The molecule has 1 aliphatic carbocycles. The van der Waals surface area contributed by atoms with E-state index in [0.29, 0.717) is 5.41 Å². The lowest BCUT2D eigenvalue weighted by Crippen LogP contribution is -2.28. The van der Waals surface area contributed by atoms with Gasteiger partial charge in [0.1, 0.15) is 0 Å². The zero-order chi connectivity index (χ0) is 15.6. The molecule has 3 rings (SSSR count). The SMILES string of the molecule is CCC1(c2ccc(-c3ccc(F)c(F)c3)cc2)CCCCC1. The Hall–Kier alpha value is -1.70. The Balaban J connectivity index is 1.90. The second-order valence-corrected chi connectivity index (χ2v) is 6.40. The van der Waals surface area contributed by atoms with Gasteiger partial charge in [0.15, 0.2) is 11.6 Å². The Morgan fingerprint density at radius 1 is 0.818 bits per heavy atom. The van der Waals surface area contributed by atoms with E-state index in [1.807, 2.05) is 12.1 Å². The van der Waals surface area contributed by atoms with E-state index in [-0.39, 0.29) is 0 Å². The molecule has 0 aliphatic heterocycles. The molecule has 1 aliphatic rings. The van der Waals surface area contributed by atoms with E-state index in [4.69, 9.17) is 0 Å². The van der Waals surface area contributed by atoms with Crippen LogP contribution < -0.4 is 0 Å². The molecule has 0 aromatic heterocycles. The molecule has 116 valence electrons. The quantitative estimate of drug-likeness (QED) is 0.629. The summed E-state index contributed by atoms with van der Waals surface area (Å²) in [6.45, 7) is 2.27. The minimum Gasteiger partial charge on any atom is -0.204 e. The molecule has 1 fully saturated rings. The van der Waals surface area contributed by atoms with Crippen molar-refractivity contribution in [3.05, 3.63) is 59.7 Å². The van der Waals surface area contributed by atoms with Crippen molar-refractivity contribution in [2.45, 2.75) is 50.9 Å². The van der Waals surface area contributed by atoms with E-state index in [1.165, 1.54) is 49.8 Å². The Morgan fingerprint density at radius 3 is 2.05 bits per heavy atom. The minimum atomic E-state index is -0.799. The van der Waals surface area contributed by atoms with Gasteiger partial charge in [-0.15, -0.1) is 0 Å². The number of halogens is 2. The molecule has 1 saturated carbocycles. The summed E-state index contributed by atoms with van der Waals surface area (Å²) >= 11 is 0. The maximum atomic E-state index is 13.4. The Kier molecular flexibility index (Phi) is 4.28. The van der Waals surface area contributed by atoms with Gasteiger partial charge in [0.05, 0.1) is 0 Å². The first-order valence-electron chi connectivity index (χ1n) is 8.21. The van der Waals surface area contributed by atoms with Crippen molar-refractivity contribution in [2.75, 3.05) is 0 Å². The third-order valence-corrected chi connectivity index (χ3v) is 5.24. The van der Waals surface area contributed by atoms with Crippen LogP contribution in [0, 0.1) is 11.6 Å². The lowest BCUT2D eigenvalue weighted by molar-refractivity contribution is 0.283. The van der Waals surface area contributed by atoms with Gasteiger partial charge in [-0.3, -0.25) is 0 Å². The normalized spacial score (nSPS) is 17.4. The molecule has 0 bridgehead atoms. The molecule has 22 heavy (non-hydrogen) atoms. The summed E-state index contributed by atoms with van der Waals surface area (Å²) in [5.41, 5.74) is 3.36. The van der Waals surface area contributed by atoms with Crippen LogP contribution in [0.15, 0.2) is 42.5 Å². The van der Waals surface area contributed by atoms with Gasteiger partial charge < -0.3 is 0 Å². The highest BCUT2D eigenvalue weighted by Gasteiger charge is 2.31. The van der Waals surface area contributed by atoms with Crippen molar-refractivity contribution < 1.29 is 8.78 Å². The van der Waals surface area contributed by atoms with Crippen LogP contribution in [0.4, 0.5) is 8.78 Å². The first-order valence-corrected chi connectivity index (χ1v) is 8.21. The molecule has 2 heteroatoms. The molecule has 0 heterocycles. The first kappa shape index (κ1) is 15.2. The second-order valence-electron chi connectivity index (χ2n) is 6.40. The van der Waals surface area contributed by atoms with Crippen LogP contribution in [0.5, 0.6) is 0 Å². The number of benzene rings is 2. The topological polar surface area (TPSA) is 0 Å². The predicted octanol–water partition coefficient (Wildman–Crippen LogP) is 6.24. The van der Waals surface area contributed by atoms with E-state index >= 15 is 0 Å². The van der Waals surface area contributed by atoms with E-state index in [0.717, 1.165) is 17.5 Å². The average Bonchev–Trinajstić information content (AvgIpc) is 2.58. The zero-order valence-corrected chi connectivity index (χ0v) is 13.0. The van der Waals surface area contributed by atoms with Gasteiger partial charge in [0.2, 0.25) is 0 Å². The fourth-order valence-corrected chi connectivity index (χ4v) is 3.77. The van der Waals surface area contributed by atoms with Gasteiger partial charge in [-0.05, 0) is 53.5 Å². The van der Waals surface area contributed by atoms with Crippen LogP contribution in [-0.2, 0) is 5.41 Å². The van der Waals surface area contributed by atoms with Crippen molar-refractivity contribution in [3.63, 3.8) is 0 Å². The fraction of sp³-hybridized carbons (Fsp3) is 0.400. The van der Waals surface area contributed by atoms with Gasteiger partial charge in [-0.25, -0.2) is 8.78 Å². The minimum absolute atomic E-state index is 0.310. The maximum absolute atomic E-state index is 13.4. The van der Waals surface area contributed by atoms with Gasteiger partial charge in [-0.2, -0.15) is 0 Å². The lowest BCUT2D eigenvalue weighted by Gasteiger charge is -2.37. The molecule has 2 aromatic carbocycles. The van der Waals surface area contributed by atoms with Crippen LogP contribution in [0.2, 0.25) is 0 Å². The van der Waals surface area contributed by atoms with Crippen molar-refractivity contribution in [1.29, 1.82) is 0 Å². The Morgan fingerprint density at radius 2 is 1.45 bits per heavy atom. The summed E-state index contributed by atoms with van der Waals surface area (Å²) in [7, 11) is 0. The molecule has 0 amide bonds.